The number of likely N-dealkylation sites (tertiary alicyclic amines) is 1. The molecule has 1 N–H and O–H groups in total. The fourth-order valence-corrected chi connectivity index (χ4v) is 5.78. The summed E-state index contributed by atoms with van der Waals surface area (Å²) in [6, 6.07) is 4.54. The first kappa shape index (κ1) is 25.0. The molecule has 0 atom stereocenters. The van der Waals surface area contributed by atoms with Gasteiger partial charge in [0, 0.05) is 38.2 Å². The first-order valence-corrected chi connectivity index (χ1v) is 13.2. The molecule has 34 heavy (non-hydrogen) atoms. The maximum absolute atomic E-state index is 13.2. The zero-order valence-electron chi connectivity index (χ0n) is 20.2. The van der Waals surface area contributed by atoms with Crippen LogP contribution in [-0.4, -0.2) is 67.4 Å². The summed E-state index contributed by atoms with van der Waals surface area (Å²) < 4.78 is 0. The minimum absolute atomic E-state index is 0.0284. The largest absolute Gasteiger partial charge is 0.339 e. The lowest BCUT2D eigenvalue weighted by atomic mass is 9.88. The zero-order chi connectivity index (χ0) is 24.1. The predicted octanol–water partition coefficient (Wildman–Crippen LogP) is 4.54. The average Bonchev–Trinajstić information content (AvgIpc) is 2.84. The van der Waals surface area contributed by atoms with E-state index in [2.05, 4.69) is 17.3 Å². The summed E-state index contributed by atoms with van der Waals surface area (Å²) in [6.07, 6.45) is 10.4. The Morgan fingerprint density at radius 2 is 1.79 bits per heavy atom. The number of hydrogen-bond acceptors (Lipinski definition) is 4. The fourth-order valence-electron chi connectivity index (χ4n) is 5.56. The molecule has 4 amide bonds. The van der Waals surface area contributed by atoms with Crippen molar-refractivity contribution in [2.24, 2.45) is 11.8 Å². The van der Waals surface area contributed by atoms with E-state index >= 15 is 0 Å². The van der Waals surface area contributed by atoms with Crippen LogP contribution in [-0.2, 0) is 4.79 Å². The fraction of sp³-hybridized carbons (Fsp3) is 0.654. The van der Waals surface area contributed by atoms with Gasteiger partial charge in [0.1, 0.15) is 0 Å². The van der Waals surface area contributed by atoms with Crippen LogP contribution < -0.4 is 10.2 Å². The van der Waals surface area contributed by atoms with Gasteiger partial charge in [-0.1, -0.05) is 30.9 Å². The minimum atomic E-state index is -0.503. The molecular formula is C26H37ClN4O3. The molecule has 7 nitrogen and oxygen atoms in total. The number of carbonyl (C=O) groups excluding carboxylic acids is 3. The maximum Gasteiger partial charge on any atom is 0.328 e. The van der Waals surface area contributed by atoms with Gasteiger partial charge in [-0.15, -0.1) is 0 Å². The predicted molar refractivity (Wildman–Crippen MR) is 134 cm³/mol. The quantitative estimate of drug-likeness (QED) is 0.611. The van der Waals surface area contributed by atoms with Crippen molar-refractivity contribution in [2.75, 3.05) is 44.7 Å². The van der Waals surface area contributed by atoms with E-state index < -0.39 is 6.03 Å². The molecule has 3 aliphatic rings. The van der Waals surface area contributed by atoms with Crippen molar-refractivity contribution in [3.63, 3.8) is 0 Å². The van der Waals surface area contributed by atoms with Gasteiger partial charge in [0.25, 0.3) is 5.91 Å². The monoisotopic (exact) mass is 488 g/mol. The van der Waals surface area contributed by atoms with Crippen LogP contribution in [0.25, 0.3) is 0 Å². The zero-order valence-corrected chi connectivity index (χ0v) is 21.0. The summed E-state index contributed by atoms with van der Waals surface area (Å²) in [7, 11) is 2.25. The molecule has 2 heterocycles. The summed E-state index contributed by atoms with van der Waals surface area (Å²) in [5.41, 5.74) is 0.989. The van der Waals surface area contributed by atoms with E-state index in [-0.39, 0.29) is 24.8 Å². The average molecular weight is 489 g/mol. The number of piperidine rings is 1. The van der Waals surface area contributed by atoms with Crippen molar-refractivity contribution in [3.8, 4) is 0 Å². The van der Waals surface area contributed by atoms with Gasteiger partial charge in [-0.05, 0) is 75.7 Å². The lowest BCUT2D eigenvalue weighted by Crippen LogP contribution is -2.49. The molecule has 3 fully saturated rings. The lowest BCUT2D eigenvalue weighted by Gasteiger charge is -2.34. The van der Waals surface area contributed by atoms with Gasteiger partial charge in [-0.25, -0.2) is 4.79 Å². The third-order valence-electron chi connectivity index (χ3n) is 7.65. The Morgan fingerprint density at radius 1 is 1.06 bits per heavy atom. The van der Waals surface area contributed by atoms with Crippen LogP contribution in [0.2, 0.25) is 5.02 Å². The van der Waals surface area contributed by atoms with E-state index in [9.17, 15) is 14.4 Å². The third-order valence-corrected chi connectivity index (χ3v) is 7.97. The van der Waals surface area contributed by atoms with Gasteiger partial charge in [-0.2, -0.15) is 0 Å². The molecule has 0 bridgehead atoms. The lowest BCUT2D eigenvalue weighted by molar-refractivity contribution is -0.120. The minimum Gasteiger partial charge on any atom is -0.339 e. The van der Waals surface area contributed by atoms with Gasteiger partial charge in [-0.3, -0.25) is 19.8 Å². The number of amides is 4. The highest BCUT2D eigenvalue weighted by molar-refractivity contribution is 6.34. The van der Waals surface area contributed by atoms with Crippen LogP contribution in [0.1, 0.15) is 68.1 Å². The second-order valence-electron chi connectivity index (χ2n) is 10.2. The molecule has 0 unspecified atom stereocenters. The molecule has 2 saturated heterocycles. The highest BCUT2D eigenvalue weighted by atomic mass is 35.5. The Hall–Kier alpha value is -2.12. The second kappa shape index (κ2) is 11.5. The van der Waals surface area contributed by atoms with Gasteiger partial charge < -0.3 is 9.80 Å². The van der Waals surface area contributed by atoms with E-state index in [1.54, 1.807) is 18.2 Å². The van der Waals surface area contributed by atoms with E-state index in [4.69, 9.17) is 11.6 Å². The van der Waals surface area contributed by atoms with Crippen LogP contribution >= 0.6 is 11.6 Å². The summed E-state index contributed by atoms with van der Waals surface area (Å²) >= 11 is 6.33. The van der Waals surface area contributed by atoms with E-state index in [0.29, 0.717) is 22.2 Å². The summed E-state index contributed by atoms with van der Waals surface area (Å²) in [5.74, 6) is 1.21. The van der Waals surface area contributed by atoms with E-state index in [0.717, 1.165) is 38.4 Å². The Kier molecular flexibility index (Phi) is 8.48. The number of halogens is 1. The second-order valence-corrected chi connectivity index (χ2v) is 10.6. The van der Waals surface area contributed by atoms with Gasteiger partial charge in [0.15, 0.2) is 0 Å². The number of anilines is 1. The van der Waals surface area contributed by atoms with Crippen LogP contribution in [0, 0.1) is 11.8 Å². The van der Waals surface area contributed by atoms with Crippen molar-refractivity contribution >= 4 is 35.1 Å². The highest BCUT2D eigenvalue weighted by Gasteiger charge is 2.28. The molecule has 2 aliphatic heterocycles. The molecule has 1 aromatic carbocycles. The molecule has 0 spiro atoms. The van der Waals surface area contributed by atoms with Gasteiger partial charge in [0.2, 0.25) is 5.91 Å². The van der Waals surface area contributed by atoms with Crippen molar-refractivity contribution in [1.29, 1.82) is 0 Å². The number of carbonyl (C=O) groups is 3. The van der Waals surface area contributed by atoms with Gasteiger partial charge >= 0.3 is 6.03 Å². The van der Waals surface area contributed by atoms with Crippen molar-refractivity contribution < 1.29 is 14.4 Å². The first-order chi connectivity index (χ1) is 16.4. The summed E-state index contributed by atoms with van der Waals surface area (Å²) in [5, 5.41) is 2.69. The smallest absolute Gasteiger partial charge is 0.328 e. The normalized spacial score (nSPS) is 20.7. The molecule has 8 heteroatoms. The van der Waals surface area contributed by atoms with Crippen LogP contribution in [0.5, 0.6) is 0 Å². The Balaban J connectivity index is 1.27. The highest BCUT2D eigenvalue weighted by Crippen LogP contribution is 2.30. The molecular weight excluding hydrogens is 452 g/mol. The Morgan fingerprint density at radius 3 is 2.50 bits per heavy atom. The third kappa shape index (κ3) is 6.30. The number of nitrogens with zero attached hydrogens (tertiary/aromatic N) is 3. The Labute approximate surface area is 207 Å². The number of hydrogen-bond donors (Lipinski definition) is 1. The number of rotatable bonds is 7. The molecule has 0 radical (unpaired) electrons. The number of imide groups is 1. The van der Waals surface area contributed by atoms with E-state index in [1.807, 2.05) is 4.90 Å². The molecule has 1 saturated carbocycles. The van der Waals surface area contributed by atoms with Crippen molar-refractivity contribution in [2.45, 2.75) is 57.8 Å². The number of nitrogens with one attached hydrogen (secondary N) is 1. The Bertz CT molecular complexity index is 894. The topological polar surface area (TPSA) is 73.0 Å². The molecule has 1 aromatic rings. The van der Waals surface area contributed by atoms with Crippen LogP contribution in [0.15, 0.2) is 18.2 Å². The molecule has 4 rings (SSSR count). The first-order valence-electron chi connectivity index (χ1n) is 12.8. The van der Waals surface area contributed by atoms with Gasteiger partial charge in [0.05, 0.1) is 10.7 Å². The van der Waals surface area contributed by atoms with Crippen molar-refractivity contribution in [1.82, 2.24) is 15.1 Å². The molecule has 186 valence electrons. The molecule has 0 aromatic heterocycles. The SMILES string of the molecule is CN(CCC1CCN(C(=O)c2ccc(Cl)c(N3CCC(=O)NC3=O)c2)CC1)CC1CCCCC1. The maximum atomic E-state index is 13.2. The van der Waals surface area contributed by atoms with Crippen molar-refractivity contribution in [3.05, 3.63) is 28.8 Å². The standard InChI is InChI=1S/C26H37ClN4O3/c1-29(18-20-5-3-2-4-6-20)13-9-19-10-14-30(15-11-19)25(33)21-7-8-22(27)23(17-21)31-16-12-24(32)28-26(31)34/h7-8,17,19-20H,2-6,9-16,18H2,1H3,(H,28,32,34). The van der Waals surface area contributed by atoms with Crippen LogP contribution in [0.3, 0.4) is 0 Å². The number of urea groups is 1. The number of benzene rings is 1. The van der Waals surface area contributed by atoms with Crippen LogP contribution in [0.4, 0.5) is 10.5 Å². The molecule has 1 aliphatic carbocycles. The summed E-state index contributed by atoms with van der Waals surface area (Å²) in [4.78, 5) is 42.7. The van der Waals surface area contributed by atoms with E-state index in [1.165, 1.54) is 50.0 Å². The summed E-state index contributed by atoms with van der Waals surface area (Å²) in [6.45, 7) is 4.12.